The van der Waals surface area contributed by atoms with Crippen molar-refractivity contribution in [3.05, 3.63) is 49.8 Å². The molecule has 1 aromatic carbocycles. The minimum Gasteiger partial charge on any atom is -0.505 e. The summed E-state index contributed by atoms with van der Waals surface area (Å²) in [5.41, 5.74) is 1.44. The highest BCUT2D eigenvalue weighted by atomic mass is 32.1. The van der Waals surface area contributed by atoms with Crippen LogP contribution in [-0.4, -0.2) is 15.6 Å². The minimum absolute atomic E-state index is 0.0663. The summed E-state index contributed by atoms with van der Waals surface area (Å²) in [6.45, 7) is 4.22. The number of aryl methyl sites for hydroxylation is 1. The number of halogens is 1. The van der Waals surface area contributed by atoms with E-state index in [1.165, 1.54) is 29.5 Å². The van der Waals surface area contributed by atoms with E-state index in [0.717, 1.165) is 10.6 Å². The monoisotopic (exact) mass is 324 g/mol. The fourth-order valence-corrected chi connectivity index (χ4v) is 2.87. The summed E-state index contributed by atoms with van der Waals surface area (Å²) in [4.78, 5) is 24.4. The van der Waals surface area contributed by atoms with E-state index in [-0.39, 0.29) is 23.7 Å². The van der Waals surface area contributed by atoms with E-state index in [1.54, 1.807) is 4.57 Å². The number of benzene rings is 1. The highest BCUT2D eigenvalue weighted by molar-refractivity contribution is 7.09. The van der Waals surface area contributed by atoms with Crippen LogP contribution in [-0.2, 0) is 17.9 Å². The number of hydrogen-bond acceptors (Lipinski definition) is 4. The van der Waals surface area contributed by atoms with Gasteiger partial charge in [-0.3, -0.25) is 9.59 Å². The number of thiazole rings is 1. The Morgan fingerprint density at radius 1 is 1.41 bits per heavy atom. The highest BCUT2D eigenvalue weighted by Gasteiger charge is 2.09. The third kappa shape index (κ3) is 3.73. The molecule has 1 aromatic heterocycles. The van der Waals surface area contributed by atoms with E-state index in [0.29, 0.717) is 12.1 Å². The molecule has 118 valence electrons. The Morgan fingerprint density at radius 3 is 2.73 bits per heavy atom. The summed E-state index contributed by atoms with van der Waals surface area (Å²) in [7, 11) is 0. The number of nitrogens with one attached hydrogen (secondary N) is 1. The fraction of sp³-hybridized carbons (Fsp3) is 0.333. The fourth-order valence-electron chi connectivity index (χ4n) is 2.01. The maximum absolute atomic E-state index is 13.2. The van der Waals surface area contributed by atoms with Crippen molar-refractivity contribution in [2.75, 3.05) is 0 Å². The lowest BCUT2D eigenvalue weighted by Gasteiger charge is -2.07. The minimum atomic E-state index is -0.720. The van der Waals surface area contributed by atoms with Crippen LogP contribution in [0.2, 0.25) is 0 Å². The van der Waals surface area contributed by atoms with Crippen LogP contribution in [0.3, 0.4) is 0 Å². The van der Waals surface area contributed by atoms with Gasteiger partial charge in [0.1, 0.15) is 0 Å². The largest absolute Gasteiger partial charge is 0.505 e. The first kappa shape index (κ1) is 16.2. The van der Waals surface area contributed by atoms with Gasteiger partial charge in [-0.1, -0.05) is 17.4 Å². The van der Waals surface area contributed by atoms with Crippen molar-refractivity contribution >= 4 is 17.2 Å². The third-order valence-corrected chi connectivity index (χ3v) is 4.44. The van der Waals surface area contributed by atoms with Crippen LogP contribution >= 0.6 is 11.3 Å². The second-order valence-corrected chi connectivity index (χ2v) is 6.14. The molecule has 7 heteroatoms. The summed E-state index contributed by atoms with van der Waals surface area (Å²) in [5.74, 6) is -1.36. The lowest BCUT2D eigenvalue weighted by molar-refractivity contribution is -0.121. The molecule has 0 spiro atoms. The number of phenols is 1. The summed E-state index contributed by atoms with van der Waals surface area (Å²) in [6.07, 6.45) is 0.178. The van der Waals surface area contributed by atoms with Gasteiger partial charge < -0.3 is 15.0 Å². The standard InChI is InChI=1S/C15H17FN2O3S/c1-9-10(2)22-15(21)18(9)6-5-14(20)17-8-11-3-4-13(19)12(16)7-11/h3-4,7,19H,5-6,8H2,1-2H3,(H,17,20). The van der Waals surface area contributed by atoms with Gasteiger partial charge in [-0.05, 0) is 31.5 Å². The predicted octanol–water partition coefficient (Wildman–Crippen LogP) is 2.08. The Morgan fingerprint density at radius 2 is 2.14 bits per heavy atom. The van der Waals surface area contributed by atoms with E-state index < -0.39 is 11.6 Å². The number of carbonyl (C=O) groups is 1. The summed E-state index contributed by atoms with van der Waals surface area (Å²) >= 11 is 1.17. The molecule has 0 saturated heterocycles. The molecular weight excluding hydrogens is 307 g/mol. The quantitative estimate of drug-likeness (QED) is 0.884. The first-order chi connectivity index (χ1) is 10.4. The van der Waals surface area contributed by atoms with Crippen LogP contribution < -0.4 is 10.2 Å². The van der Waals surface area contributed by atoms with E-state index in [9.17, 15) is 14.0 Å². The van der Waals surface area contributed by atoms with E-state index in [2.05, 4.69) is 5.32 Å². The van der Waals surface area contributed by atoms with Crippen LogP contribution in [0.5, 0.6) is 5.75 Å². The number of amides is 1. The average molecular weight is 324 g/mol. The smallest absolute Gasteiger partial charge is 0.307 e. The molecular formula is C15H17FN2O3S. The van der Waals surface area contributed by atoms with Gasteiger partial charge >= 0.3 is 4.87 Å². The maximum atomic E-state index is 13.2. The molecule has 0 aliphatic rings. The lowest BCUT2D eigenvalue weighted by atomic mass is 10.2. The van der Waals surface area contributed by atoms with Gasteiger partial charge in [0.05, 0.1) is 0 Å². The van der Waals surface area contributed by atoms with Crippen LogP contribution in [0, 0.1) is 19.7 Å². The molecule has 0 saturated carbocycles. The molecule has 5 nitrogen and oxygen atoms in total. The van der Waals surface area contributed by atoms with Gasteiger partial charge in [-0.25, -0.2) is 4.39 Å². The zero-order valence-corrected chi connectivity index (χ0v) is 13.2. The SMILES string of the molecule is Cc1sc(=O)n(CCC(=O)NCc2ccc(O)c(F)c2)c1C. The molecule has 0 radical (unpaired) electrons. The van der Waals surface area contributed by atoms with Gasteiger partial charge in [0, 0.05) is 30.1 Å². The van der Waals surface area contributed by atoms with E-state index in [4.69, 9.17) is 5.11 Å². The number of hydrogen-bond donors (Lipinski definition) is 2. The van der Waals surface area contributed by atoms with E-state index in [1.807, 2.05) is 13.8 Å². The van der Waals surface area contributed by atoms with E-state index >= 15 is 0 Å². The number of carbonyl (C=O) groups excluding carboxylic acids is 1. The van der Waals surface area contributed by atoms with Crippen LogP contribution in [0.25, 0.3) is 0 Å². The number of phenolic OH excluding ortho intramolecular Hbond substituents is 1. The summed E-state index contributed by atoms with van der Waals surface area (Å²) < 4.78 is 14.7. The Labute approximate surface area is 131 Å². The Hall–Kier alpha value is -2.15. The Bertz CT molecular complexity index is 752. The molecule has 0 bridgehead atoms. The van der Waals surface area contributed by atoms with Crippen molar-refractivity contribution < 1.29 is 14.3 Å². The van der Waals surface area contributed by atoms with Crippen molar-refractivity contribution in [1.82, 2.24) is 9.88 Å². The van der Waals surface area contributed by atoms with Gasteiger partial charge in [-0.2, -0.15) is 0 Å². The molecule has 22 heavy (non-hydrogen) atoms. The molecule has 2 rings (SSSR count). The molecule has 1 heterocycles. The van der Waals surface area contributed by atoms with Crippen molar-refractivity contribution in [2.24, 2.45) is 0 Å². The molecule has 0 fully saturated rings. The molecule has 1 amide bonds. The summed E-state index contributed by atoms with van der Waals surface area (Å²) in [6, 6.07) is 3.95. The second kappa shape index (κ2) is 6.74. The van der Waals surface area contributed by atoms with Crippen molar-refractivity contribution in [2.45, 2.75) is 33.4 Å². The van der Waals surface area contributed by atoms with Gasteiger partial charge in [0.25, 0.3) is 0 Å². The second-order valence-electron chi connectivity index (χ2n) is 4.97. The Kier molecular flexibility index (Phi) is 4.97. The first-order valence-electron chi connectivity index (χ1n) is 6.79. The lowest BCUT2D eigenvalue weighted by Crippen LogP contribution is -2.26. The third-order valence-electron chi connectivity index (χ3n) is 3.44. The van der Waals surface area contributed by atoms with Crippen LogP contribution in [0.15, 0.2) is 23.0 Å². The van der Waals surface area contributed by atoms with Gasteiger partial charge in [0.2, 0.25) is 5.91 Å². The van der Waals surface area contributed by atoms with Gasteiger partial charge in [-0.15, -0.1) is 0 Å². The van der Waals surface area contributed by atoms with Gasteiger partial charge in [0.15, 0.2) is 11.6 Å². The normalized spacial score (nSPS) is 10.7. The average Bonchev–Trinajstić information content (AvgIpc) is 2.71. The highest BCUT2D eigenvalue weighted by Crippen LogP contribution is 2.16. The molecule has 2 N–H and O–H groups in total. The topological polar surface area (TPSA) is 71.3 Å². The molecule has 0 aliphatic heterocycles. The molecule has 2 aromatic rings. The number of nitrogens with zero attached hydrogens (tertiary/aromatic N) is 1. The molecule has 0 aliphatic carbocycles. The first-order valence-corrected chi connectivity index (χ1v) is 7.61. The summed E-state index contributed by atoms with van der Waals surface area (Å²) in [5, 5.41) is 11.8. The molecule has 0 unspecified atom stereocenters. The Balaban J connectivity index is 1.88. The van der Waals surface area contributed by atoms with Crippen LogP contribution in [0.1, 0.15) is 22.6 Å². The molecule has 0 atom stereocenters. The number of aromatic nitrogens is 1. The number of rotatable bonds is 5. The van der Waals surface area contributed by atoms with Crippen LogP contribution in [0.4, 0.5) is 4.39 Å². The zero-order chi connectivity index (χ0) is 16.3. The predicted molar refractivity (Wildman–Crippen MR) is 82.6 cm³/mol. The maximum Gasteiger partial charge on any atom is 0.307 e. The zero-order valence-electron chi connectivity index (χ0n) is 12.4. The van der Waals surface area contributed by atoms with Crippen molar-refractivity contribution in [3.8, 4) is 5.75 Å². The van der Waals surface area contributed by atoms with Crippen molar-refractivity contribution in [1.29, 1.82) is 0 Å². The van der Waals surface area contributed by atoms with Crippen molar-refractivity contribution in [3.63, 3.8) is 0 Å². The number of aromatic hydroxyl groups is 1.